The van der Waals surface area contributed by atoms with Gasteiger partial charge in [0.05, 0.1) is 11.3 Å². The number of nitrogens with one attached hydrogen (secondary N) is 1. The highest BCUT2D eigenvalue weighted by atomic mass is 35.5. The minimum absolute atomic E-state index is 0.279. The molecule has 3 aromatic heterocycles. The summed E-state index contributed by atoms with van der Waals surface area (Å²) >= 11 is 6.50. The first kappa shape index (κ1) is 20.7. The summed E-state index contributed by atoms with van der Waals surface area (Å²) in [5.74, 6) is 0.0220. The maximum absolute atomic E-state index is 13.4. The van der Waals surface area contributed by atoms with Crippen molar-refractivity contribution in [2.75, 3.05) is 5.73 Å². The highest BCUT2D eigenvalue weighted by Gasteiger charge is 2.22. The van der Waals surface area contributed by atoms with Crippen molar-refractivity contribution in [1.29, 1.82) is 0 Å². The third-order valence-corrected chi connectivity index (χ3v) is 5.52. The van der Waals surface area contributed by atoms with Crippen LogP contribution in [0.4, 0.5) is 5.82 Å². The highest BCUT2D eigenvalue weighted by molar-refractivity contribution is 6.31. The van der Waals surface area contributed by atoms with Crippen LogP contribution in [0.1, 0.15) is 15.9 Å². The van der Waals surface area contributed by atoms with Crippen molar-refractivity contribution in [3.05, 3.63) is 102 Å². The lowest BCUT2D eigenvalue weighted by atomic mass is 9.97. The summed E-state index contributed by atoms with van der Waals surface area (Å²) in [6.07, 6.45) is 4.96. The van der Waals surface area contributed by atoms with Crippen LogP contribution in [0.2, 0.25) is 5.02 Å². The van der Waals surface area contributed by atoms with Crippen LogP contribution in [0.25, 0.3) is 28.0 Å². The van der Waals surface area contributed by atoms with E-state index in [2.05, 4.69) is 20.3 Å². The molecule has 3 heterocycles. The van der Waals surface area contributed by atoms with E-state index in [-0.39, 0.29) is 5.91 Å². The normalized spacial score (nSPS) is 10.9. The molecule has 0 aliphatic carbocycles. The third-order valence-electron chi connectivity index (χ3n) is 5.30. The Morgan fingerprint density at radius 2 is 1.76 bits per heavy atom. The number of carbonyl (C=O) groups excluding carboxylic acids is 1. The maximum atomic E-state index is 13.4. The zero-order chi connectivity index (χ0) is 22.8. The minimum Gasteiger partial charge on any atom is -0.383 e. The van der Waals surface area contributed by atoms with Crippen LogP contribution in [-0.2, 0) is 6.54 Å². The number of hydrogen-bond acceptors (Lipinski definition) is 5. The predicted octanol–water partition coefficient (Wildman–Crippen LogP) is 4.65. The van der Waals surface area contributed by atoms with E-state index >= 15 is 0 Å². The fourth-order valence-electron chi connectivity index (χ4n) is 3.77. The number of nitrogens with zero attached hydrogens (tertiary/aromatic N) is 4. The van der Waals surface area contributed by atoms with Crippen molar-refractivity contribution >= 4 is 34.5 Å². The Bertz CT molecular complexity index is 1460. The van der Waals surface area contributed by atoms with Gasteiger partial charge in [-0.3, -0.25) is 9.36 Å². The molecule has 8 heteroatoms. The van der Waals surface area contributed by atoms with Gasteiger partial charge in [-0.05, 0) is 42.0 Å². The average molecular weight is 455 g/mol. The number of halogens is 1. The summed E-state index contributed by atoms with van der Waals surface area (Å²) in [7, 11) is 0. The Hall–Kier alpha value is -4.23. The molecule has 1 amide bonds. The van der Waals surface area contributed by atoms with Crippen molar-refractivity contribution in [2.24, 2.45) is 0 Å². The number of anilines is 1. The second-order valence-electron chi connectivity index (χ2n) is 7.41. The lowest BCUT2D eigenvalue weighted by Crippen LogP contribution is -2.24. The molecule has 162 valence electrons. The van der Waals surface area contributed by atoms with E-state index in [1.54, 1.807) is 41.5 Å². The molecule has 7 nitrogen and oxygen atoms in total. The minimum atomic E-state index is -0.279. The molecule has 33 heavy (non-hydrogen) atoms. The van der Waals surface area contributed by atoms with Crippen LogP contribution < -0.4 is 11.1 Å². The monoisotopic (exact) mass is 454 g/mol. The number of nitrogen functional groups attached to an aromatic ring is 1. The first-order valence-corrected chi connectivity index (χ1v) is 10.6. The van der Waals surface area contributed by atoms with E-state index in [1.165, 1.54) is 0 Å². The number of benzene rings is 2. The molecule has 0 spiro atoms. The van der Waals surface area contributed by atoms with E-state index < -0.39 is 0 Å². The standard InChI is InChI=1S/C25H19ClN6O/c26-17-12-19(25(33)30-14-16-6-2-1-3-7-16)22(18-8-4-10-28-23(18)27)21(13-17)32-15-31-20-9-5-11-29-24(20)32/h1-13,15H,14H2,(H2,27,28)(H,30,33). The molecule has 5 aromatic rings. The van der Waals surface area contributed by atoms with Crippen molar-refractivity contribution in [3.63, 3.8) is 0 Å². The number of imidazole rings is 1. The van der Waals surface area contributed by atoms with Crippen LogP contribution >= 0.6 is 11.6 Å². The number of rotatable bonds is 5. The van der Waals surface area contributed by atoms with Crippen LogP contribution in [0.5, 0.6) is 0 Å². The molecule has 0 bridgehead atoms. The van der Waals surface area contributed by atoms with Gasteiger partial charge in [0.1, 0.15) is 17.7 Å². The van der Waals surface area contributed by atoms with Crippen molar-refractivity contribution in [2.45, 2.75) is 6.54 Å². The van der Waals surface area contributed by atoms with E-state index in [0.717, 1.165) is 11.1 Å². The maximum Gasteiger partial charge on any atom is 0.252 e. The number of nitrogens with two attached hydrogens (primary N) is 1. The van der Waals surface area contributed by atoms with Gasteiger partial charge in [0, 0.05) is 35.1 Å². The number of amides is 1. The quantitative estimate of drug-likeness (QED) is 0.403. The molecule has 0 unspecified atom stereocenters. The molecular weight excluding hydrogens is 436 g/mol. The van der Waals surface area contributed by atoms with Gasteiger partial charge in [-0.1, -0.05) is 41.9 Å². The predicted molar refractivity (Wildman–Crippen MR) is 129 cm³/mol. The van der Waals surface area contributed by atoms with Gasteiger partial charge < -0.3 is 11.1 Å². The summed E-state index contributed by atoms with van der Waals surface area (Å²) < 4.78 is 1.80. The van der Waals surface area contributed by atoms with Gasteiger partial charge in [-0.2, -0.15) is 0 Å². The van der Waals surface area contributed by atoms with Crippen LogP contribution in [0.15, 0.2) is 85.5 Å². The molecule has 0 radical (unpaired) electrons. The first-order valence-electron chi connectivity index (χ1n) is 10.3. The molecule has 3 N–H and O–H groups in total. The number of pyridine rings is 2. The Labute approximate surface area is 194 Å². The van der Waals surface area contributed by atoms with E-state index in [9.17, 15) is 4.79 Å². The Kier molecular flexibility index (Phi) is 5.46. The second-order valence-corrected chi connectivity index (χ2v) is 7.85. The van der Waals surface area contributed by atoms with Crippen molar-refractivity contribution < 1.29 is 4.79 Å². The summed E-state index contributed by atoms with van der Waals surface area (Å²) in [6.45, 7) is 0.374. The zero-order valence-electron chi connectivity index (χ0n) is 17.4. The lowest BCUT2D eigenvalue weighted by Gasteiger charge is -2.18. The fraction of sp³-hybridized carbons (Fsp3) is 0.0400. The molecule has 0 saturated carbocycles. The number of aromatic nitrogens is 4. The summed E-state index contributed by atoms with van der Waals surface area (Å²) in [5.41, 5.74) is 10.8. The van der Waals surface area contributed by atoms with Gasteiger partial charge in [-0.25, -0.2) is 15.0 Å². The number of carbonyl (C=O) groups is 1. The molecule has 2 aromatic carbocycles. The Morgan fingerprint density at radius 3 is 2.58 bits per heavy atom. The van der Waals surface area contributed by atoms with E-state index in [4.69, 9.17) is 17.3 Å². The van der Waals surface area contributed by atoms with Gasteiger partial charge in [0.15, 0.2) is 5.65 Å². The van der Waals surface area contributed by atoms with Crippen molar-refractivity contribution in [1.82, 2.24) is 24.8 Å². The molecule has 0 aliphatic heterocycles. The van der Waals surface area contributed by atoms with Crippen LogP contribution in [0.3, 0.4) is 0 Å². The summed E-state index contributed by atoms with van der Waals surface area (Å²) in [4.78, 5) is 26.5. The highest BCUT2D eigenvalue weighted by Crippen LogP contribution is 2.36. The van der Waals surface area contributed by atoms with Gasteiger partial charge in [-0.15, -0.1) is 0 Å². The zero-order valence-corrected chi connectivity index (χ0v) is 18.2. The molecule has 5 rings (SSSR count). The fourth-order valence-corrected chi connectivity index (χ4v) is 3.99. The lowest BCUT2D eigenvalue weighted by molar-refractivity contribution is 0.0951. The van der Waals surface area contributed by atoms with Crippen LogP contribution in [-0.4, -0.2) is 25.4 Å². The Balaban J connectivity index is 1.69. The molecule has 0 fully saturated rings. The van der Waals surface area contributed by atoms with Crippen LogP contribution in [0, 0.1) is 0 Å². The summed E-state index contributed by atoms with van der Waals surface area (Å²) in [5, 5.41) is 3.38. The SMILES string of the molecule is Nc1ncccc1-c1c(C(=O)NCc2ccccc2)cc(Cl)cc1-n1cnc2cccnc21. The third kappa shape index (κ3) is 4.02. The van der Waals surface area contributed by atoms with E-state index in [0.29, 0.717) is 45.4 Å². The largest absolute Gasteiger partial charge is 0.383 e. The van der Waals surface area contributed by atoms with Gasteiger partial charge >= 0.3 is 0 Å². The number of hydrogen-bond donors (Lipinski definition) is 2. The molecule has 0 atom stereocenters. The molecule has 0 saturated heterocycles. The molecular formula is C25H19ClN6O. The topological polar surface area (TPSA) is 98.7 Å². The smallest absolute Gasteiger partial charge is 0.252 e. The first-order chi connectivity index (χ1) is 16.1. The average Bonchev–Trinajstić information content (AvgIpc) is 3.27. The number of fused-ring (bicyclic) bond motifs is 1. The summed E-state index contributed by atoms with van der Waals surface area (Å²) in [6, 6.07) is 20.4. The van der Waals surface area contributed by atoms with Gasteiger partial charge in [0.25, 0.3) is 5.91 Å². The van der Waals surface area contributed by atoms with Crippen molar-refractivity contribution in [3.8, 4) is 16.8 Å². The molecule has 0 aliphatic rings. The van der Waals surface area contributed by atoms with E-state index in [1.807, 2.05) is 48.5 Å². The van der Waals surface area contributed by atoms with Gasteiger partial charge in [0.2, 0.25) is 0 Å². The second kappa shape index (κ2) is 8.72. The Morgan fingerprint density at radius 1 is 0.970 bits per heavy atom.